The summed E-state index contributed by atoms with van der Waals surface area (Å²) in [4.78, 5) is 0. The lowest BCUT2D eigenvalue weighted by molar-refractivity contribution is 0.546. The van der Waals surface area contributed by atoms with Crippen molar-refractivity contribution >= 4 is 26.2 Å². The van der Waals surface area contributed by atoms with Gasteiger partial charge in [0.15, 0.2) is 0 Å². The number of hydrogen-bond donors (Lipinski definition) is 0. The highest BCUT2D eigenvalue weighted by atomic mass is 79.9. The molecule has 2 nitrogen and oxygen atoms in total. The van der Waals surface area contributed by atoms with Crippen molar-refractivity contribution < 1.29 is 12.3 Å². The predicted molar refractivity (Wildman–Crippen MR) is 57.5 cm³/mol. The maximum Gasteiger partial charge on any atom is 0.303 e. The van der Waals surface area contributed by atoms with Gasteiger partial charge in [-0.3, -0.25) is 0 Å². The van der Waals surface area contributed by atoms with E-state index in [1.54, 1.807) is 25.1 Å². The molecule has 0 aliphatic carbocycles. The lowest BCUT2D eigenvalue weighted by atomic mass is 10.0. The summed E-state index contributed by atoms with van der Waals surface area (Å²) >= 11 is 3.27. The number of hydrogen-bond acceptors (Lipinski definition) is 2. The summed E-state index contributed by atoms with van der Waals surface area (Å²) in [7, 11) is -4.40. The zero-order valence-electron chi connectivity index (χ0n) is 7.57. The van der Waals surface area contributed by atoms with E-state index in [4.69, 9.17) is 0 Å². The van der Waals surface area contributed by atoms with Crippen molar-refractivity contribution in [3.05, 3.63) is 34.3 Å². The van der Waals surface area contributed by atoms with Crippen molar-refractivity contribution in [2.75, 3.05) is 5.75 Å². The van der Waals surface area contributed by atoms with E-state index in [1.807, 2.05) is 6.07 Å². The second kappa shape index (κ2) is 4.40. The van der Waals surface area contributed by atoms with Gasteiger partial charge in [0, 0.05) is 4.47 Å². The summed E-state index contributed by atoms with van der Waals surface area (Å²) < 4.78 is 34.1. The van der Waals surface area contributed by atoms with Crippen molar-refractivity contribution in [3.8, 4) is 0 Å². The molecule has 0 fully saturated rings. The van der Waals surface area contributed by atoms with Crippen LogP contribution in [0.15, 0.2) is 28.7 Å². The molecule has 14 heavy (non-hydrogen) atoms. The third kappa shape index (κ3) is 3.75. The van der Waals surface area contributed by atoms with Gasteiger partial charge in [-0.1, -0.05) is 35.0 Å². The van der Waals surface area contributed by atoms with E-state index in [1.165, 1.54) is 0 Å². The van der Waals surface area contributed by atoms with Gasteiger partial charge >= 0.3 is 10.2 Å². The number of halogens is 2. The molecule has 0 bridgehead atoms. The molecule has 0 saturated carbocycles. The number of benzene rings is 1. The molecular weight excluding hydrogens is 271 g/mol. The maximum atomic E-state index is 12.4. The van der Waals surface area contributed by atoms with Gasteiger partial charge in [0.25, 0.3) is 0 Å². The Balaban J connectivity index is 2.85. The molecule has 78 valence electrons. The molecule has 1 unspecified atom stereocenters. The van der Waals surface area contributed by atoms with E-state index < -0.39 is 16.0 Å². The van der Waals surface area contributed by atoms with Crippen LogP contribution < -0.4 is 0 Å². The van der Waals surface area contributed by atoms with Gasteiger partial charge in [-0.05, 0) is 23.6 Å². The Morgan fingerprint density at radius 3 is 2.64 bits per heavy atom. The normalized spacial score (nSPS) is 13.9. The van der Waals surface area contributed by atoms with E-state index in [0.29, 0.717) is 0 Å². The van der Waals surface area contributed by atoms with Crippen LogP contribution in [0.5, 0.6) is 0 Å². The highest BCUT2D eigenvalue weighted by Crippen LogP contribution is 2.21. The third-order valence-corrected chi connectivity index (χ3v) is 3.26. The SMILES string of the molecule is CC(CS(=O)(=O)F)c1cccc(Br)c1. The average molecular weight is 281 g/mol. The van der Waals surface area contributed by atoms with Crippen LogP contribution in [0.25, 0.3) is 0 Å². The van der Waals surface area contributed by atoms with Crippen molar-refractivity contribution in [1.29, 1.82) is 0 Å². The fourth-order valence-electron chi connectivity index (χ4n) is 1.21. The highest BCUT2D eigenvalue weighted by molar-refractivity contribution is 9.10. The molecule has 0 aliphatic rings. The molecule has 0 amide bonds. The van der Waals surface area contributed by atoms with Crippen LogP contribution in [0.1, 0.15) is 18.4 Å². The quantitative estimate of drug-likeness (QED) is 0.798. The van der Waals surface area contributed by atoms with Gasteiger partial charge in [-0.25, -0.2) is 0 Å². The molecule has 5 heteroatoms. The summed E-state index contributed by atoms with van der Waals surface area (Å²) in [6.45, 7) is 1.68. The second-order valence-corrected chi connectivity index (χ2v) is 5.49. The van der Waals surface area contributed by atoms with Crippen LogP contribution in [-0.4, -0.2) is 14.2 Å². The molecule has 1 aromatic rings. The van der Waals surface area contributed by atoms with Gasteiger partial charge in [0.2, 0.25) is 0 Å². The smallest absolute Gasteiger partial charge is 0.195 e. The molecule has 0 heterocycles. The molecular formula is C9H10BrFO2S. The molecule has 0 aliphatic heterocycles. The van der Waals surface area contributed by atoms with Gasteiger partial charge in [-0.15, -0.1) is 3.89 Å². The summed E-state index contributed by atoms with van der Waals surface area (Å²) in [6.07, 6.45) is 0. The van der Waals surface area contributed by atoms with Gasteiger partial charge < -0.3 is 0 Å². The number of rotatable bonds is 3. The van der Waals surface area contributed by atoms with E-state index in [0.717, 1.165) is 10.0 Å². The largest absolute Gasteiger partial charge is 0.303 e. The minimum Gasteiger partial charge on any atom is -0.195 e. The first-order chi connectivity index (χ1) is 6.38. The Bertz CT molecular complexity index is 417. The second-order valence-electron chi connectivity index (χ2n) is 3.16. The lowest BCUT2D eigenvalue weighted by Gasteiger charge is -2.08. The van der Waals surface area contributed by atoms with Crippen molar-refractivity contribution in [1.82, 2.24) is 0 Å². The zero-order valence-corrected chi connectivity index (χ0v) is 9.98. The van der Waals surface area contributed by atoms with Gasteiger partial charge in [0.1, 0.15) is 0 Å². The Morgan fingerprint density at radius 1 is 1.50 bits per heavy atom. The Hall–Kier alpha value is -0.420. The maximum absolute atomic E-state index is 12.4. The zero-order chi connectivity index (χ0) is 10.8. The molecule has 1 rings (SSSR count). The van der Waals surface area contributed by atoms with Crippen LogP contribution in [0.2, 0.25) is 0 Å². The minimum atomic E-state index is -4.40. The van der Waals surface area contributed by atoms with Crippen molar-refractivity contribution in [2.24, 2.45) is 0 Å². The van der Waals surface area contributed by atoms with Crippen LogP contribution in [0.4, 0.5) is 3.89 Å². The van der Waals surface area contributed by atoms with Crippen molar-refractivity contribution in [3.63, 3.8) is 0 Å². The predicted octanol–water partition coefficient (Wildman–Crippen LogP) is 2.85. The molecule has 0 saturated heterocycles. The highest BCUT2D eigenvalue weighted by Gasteiger charge is 2.15. The monoisotopic (exact) mass is 280 g/mol. The Kier molecular flexibility index (Phi) is 3.66. The first-order valence-electron chi connectivity index (χ1n) is 4.06. The first kappa shape index (κ1) is 11.7. The topological polar surface area (TPSA) is 34.1 Å². The van der Waals surface area contributed by atoms with E-state index in [-0.39, 0.29) is 5.92 Å². The van der Waals surface area contributed by atoms with Crippen molar-refractivity contribution in [2.45, 2.75) is 12.8 Å². The molecule has 0 spiro atoms. The molecule has 0 N–H and O–H groups in total. The Morgan fingerprint density at radius 2 is 2.14 bits per heavy atom. The first-order valence-corrected chi connectivity index (χ1v) is 6.41. The fraction of sp³-hybridized carbons (Fsp3) is 0.333. The molecule has 0 aromatic heterocycles. The summed E-state index contributed by atoms with van der Waals surface area (Å²) in [5.74, 6) is -0.800. The summed E-state index contributed by atoms with van der Waals surface area (Å²) in [6, 6.07) is 7.19. The molecule has 0 radical (unpaired) electrons. The van der Waals surface area contributed by atoms with E-state index >= 15 is 0 Å². The standard InChI is InChI=1S/C9H10BrFO2S/c1-7(6-14(11,12)13)8-3-2-4-9(10)5-8/h2-5,7H,6H2,1H3. The van der Waals surface area contributed by atoms with E-state index in [2.05, 4.69) is 15.9 Å². The lowest BCUT2D eigenvalue weighted by Crippen LogP contribution is -2.07. The molecule has 1 atom stereocenters. The van der Waals surface area contributed by atoms with Gasteiger partial charge in [0.05, 0.1) is 5.75 Å². The average Bonchev–Trinajstić information content (AvgIpc) is 2.01. The third-order valence-electron chi connectivity index (χ3n) is 1.87. The summed E-state index contributed by atoms with van der Waals surface area (Å²) in [5, 5.41) is 0. The van der Waals surface area contributed by atoms with Crippen LogP contribution >= 0.6 is 15.9 Å². The van der Waals surface area contributed by atoms with Crippen LogP contribution in [0.3, 0.4) is 0 Å². The van der Waals surface area contributed by atoms with E-state index in [9.17, 15) is 12.3 Å². The Labute approximate surface area is 91.5 Å². The van der Waals surface area contributed by atoms with Gasteiger partial charge in [-0.2, -0.15) is 8.42 Å². The fourth-order valence-corrected chi connectivity index (χ4v) is 2.41. The molecule has 1 aromatic carbocycles. The summed E-state index contributed by atoms with van der Waals surface area (Å²) in [5.41, 5.74) is 0.806. The van der Waals surface area contributed by atoms with Crippen LogP contribution in [-0.2, 0) is 10.2 Å². The van der Waals surface area contributed by atoms with Crippen LogP contribution in [0, 0.1) is 0 Å². The minimum absolute atomic E-state index is 0.331.